The van der Waals surface area contributed by atoms with E-state index in [1.807, 2.05) is 24.3 Å². The number of H-pyrrole nitrogens is 1. The normalized spacial score (nSPS) is 13.9. The van der Waals surface area contributed by atoms with Crippen molar-refractivity contribution in [1.29, 1.82) is 0 Å². The summed E-state index contributed by atoms with van der Waals surface area (Å²) < 4.78 is 5.24. The lowest BCUT2D eigenvalue weighted by Gasteiger charge is -2.35. The molecule has 2 heterocycles. The molecule has 0 radical (unpaired) electrons. The molecule has 154 valence electrons. The Balaban J connectivity index is 1.40. The number of nitro groups is 1. The summed E-state index contributed by atoms with van der Waals surface area (Å²) in [6.07, 6.45) is 0. The summed E-state index contributed by atoms with van der Waals surface area (Å²) in [5.74, 6) is 0.630. The quantitative estimate of drug-likeness (QED) is 0.515. The van der Waals surface area contributed by atoms with Gasteiger partial charge in [0.2, 0.25) is 0 Å². The van der Waals surface area contributed by atoms with Gasteiger partial charge in [0.05, 0.1) is 17.7 Å². The highest BCUT2D eigenvalue weighted by atomic mass is 16.6. The molecular weight excluding hydrogens is 386 g/mol. The van der Waals surface area contributed by atoms with Crippen LogP contribution < -0.4 is 9.64 Å². The standard InChI is InChI=1S/C21H21N5O4/c1-30-18-4-2-3-15(13-18)19-14-20(23-22-19)21(27)25-11-9-24(10-12-25)16-5-7-17(8-6-16)26(28)29/h2-8,13-14H,9-12H2,1H3,(H,22,23). The number of piperazine rings is 1. The predicted octanol–water partition coefficient (Wildman–Crippen LogP) is 2.96. The monoisotopic (exact) mass is 407 g/mol. The highest BCUT2D eigenvalue weighted by Crippen LogP contribution is 2.24. The molecule has 1 amide bonds. The molecule has 0 spiro atoms. The van der Waals surface area contributed by atoms with Crippen LogP contribution in [0.15, 0.2) is 54.6 Å². The van der Waals surface area contributed by atoms with E-state index in [2.05, 4.69) is 15.1 Å². The molecule has 30 heavy (non-hydrogen) atoms. The van der Waals surface area contributed by atoms with Gasteiger partial charge in [0, 0.05) is 49.6 Å². The van der Waals surface area contributed by atoms with E-state index in [1.165, 1.54) is 12.1 Å². The van der Waals surface area contributed by atoms with Crippen molar-refractivity contribution in [3.05, 3.63) is 70.4 Å². The summed E-state index contributed by atoms with van der Waals surface area (Å²) in [6.45, 7) is 2.42. The van der Waals surface area contributed by atoms with Crippen LogP contribution in [-0.4, -0.2) is 59.2 Å². The summed E-state index contributed by atoms with van der Waals surface area (Å²) in [5, 5.41) is 17.9. The number of nitro benzene ring substituents is 1. The Labute approximate surface area is 173 Å². The molecular formula is C21H21N5O4. The van der Waals surface area contributed by atoms with Gasteiger partial charge in [-0.2, -0.15) is 5.10 Å². The summed E-state index contributed by atoms with van der Waals surface area (Å²) in [4.78, 5) is 27.1. The predicted molar refractivity (Wildman–Crippen MR) is 112 cm³/mol. The van der Waals surface area contributed by atoms with Crippen LogP contribution in [-0.2, 0) is 0 Å². The van der Waals surface area contributed by atoms with Gasteiger partial charge in [-0.25, -0.2) is 0 Å². The molecule has 0 unspecified atom stereocenters. The van der Waals surface area contributed by atoms with Crippen molar-refractivity contribution in [2.75, 3.05) is 38.2 Å². The van der Waals surface area contributed by atoms with Crippen LogP contribution in [0.4, 0.5) is 11.4 Å². The molecule has 1 N–H and O–H groups in total. The Kier molecular flexibility index (Phi) is 5.34. The lowest BCUT2D eigenvalue weighted by atomic mass is 10.1. The Bertz CT molecular complexity index is 1060. The van der Waals surface area contributed by atoms with Crippen LogP contribution in [0.5, 0.6) is 5.75 Å². The number of anilines is 1. The number of carbonyl (C=O) groups is 1. The molecule has 1 aliphatic rings. The lowest BCUT2D eigenvalue weighted by molar-refractivity contribution is -0.384. The largest absolute Gasteiger partial charge is 0.497 e. The summed E-state index contributed by atoms with van der Waals surface area (Å²) in [7, 11) is 1.61. The van der Waals surface area contributed by atoms with Crippen molar-refractivity contribution in [1.82, 2.24) is 15.1 Å². The zero-order valence-electron chi connectivity index (χ0n) is 16.4. The highest BCUT2D eigenvalue weighted by Gasteiger charge is 2.24. The van der Waals surface area contributed by atoms with Crippen LogP contribution in [0, 0.1) is 10.1 Å². The number of hydrogen-bond acceptors (Lipinski definition) is 6. The van der Waals surface area contributed by atoms with E-state index in [9.17, 15) is 14.9 Å². The molecule has 9 nitrogen and oxygen atoms in total. The first-order valence-corrected chi connectivity index (χ1v) is 9.53. The zero-order valence-corrected chi connectivity index (χ0v) is 16.4. The smallest absolute Gasteiger partial charge is 0.272 e. The third kappa shape index (κ3) is 3.95. The van der Waals surface area contributed by atoms with Gasteiger partial charge in [0.15, 0.2) is 0 Å². The molecule has 3 aromatic rings. The average Bonchev–Trinajstić information content (AvgIpc) is 3.29. The van der Waals surface area contributed by atoms with E-state index in [4.69, 9.17) is 4.74 Å². The van der Waals surface area contributed by atoms with E-state index in [-0.39, 0.29) is 11.6 Å². The molecule has 1 aromatic heterocycles. The average molecular weight is 407 g/mol. The van der Waals surface area contributed by atoms with Crippen LogP contribution in [0.25, 0.3) is 11.3 Å². The van der Waals surface area contributed by atoms with E-state index in [0.717, 1.165) is 17.0 Å². The Morgan fingerprint density at radius 1 is 1.10 bits per heavy atom. The molecule has 1 aliphatic heterocycles. The van der Waals surface area contributed by atoms with E-state index >= 15 is 0 Å². The van der Waals surface area contributed by atoms with Gasteiger partial charge >= 0.3 is 0 Å². The van der Waals surface area contributed by atoms with Crippen LogP contribution in [0.2, 0.25) is 0 Å². The van der Waals surface area contributed by atoms with E-state index < -0.39 is 4.92 Å². The number of nitrogens with zero attached hydrogens (tertiary/aromatic N) is 4. The molecule has 1 fully saturated rings. The Hall–Kier alpha value is -3.88. The second kappa shape index (κ2) is 8.24. The van der Waals surface area contributed by atoms with E-state index in [0.29, 0.717) is 37.6 Å². The van der Waals surface area contributed by atoms with Crippen molar-refractivity contribution in [2.24, 2.45) is 0 Å². The third-order valence-corrected chi connectivity index (χ3v) is 5.17. The second-order valence-corrected chi connectivity index (χ2v) is 6.95. The number of non-ortho nitro benzene ring substituents is 1. The molecule has 0 aliphatic carbocycles. The lowest BCUT2D eigenvalue weighted by Crippen LogP contribution is -2.48. The number of amides is 1. The van der Waals surface area contributed by atoms with Gasteiger partial charge in [-0.1, -0.05) is 12.1 Å². The number of aromatic amines is 1. The maximum Gasteiger partial charge on any atom is 0.272 e. The first-order valence-electron chi connectivity index (χ1n) is 9.53. The molecule has 0 saturated carbocycles. The number of aromatic nitrogens is 2. The number of methoxy groups -OCH3 is 1. The number of nitrogens with one attached hydrogen (secondary N) is 1. The van der Waals surface area contributed by atoms with Crippen molar-refractivity contribution in [2.45, 2.75) is 0 Å². The third-order valence-electron chi connectivity index (χ3n) is 5.17. The number of benzene rings is 2. The summed E-state index contributed by atoms with van der Waals surface area (Å²) >= 11 is 0. The maximum atomic E-state index is 12.9. The van der Waals surface area contributed by atoms with Gasteiger partial charge in [0.1, 0.15) is 11.4 Å². The first kappa shape index (κ1) is 19.4. The van der Waals surface area contributed by atoms with Crippen LogP contribution in [0.3, 0.4) is 0 Å². The van der Waals surface area contributed by atoms with Crippen LogP contribution >= 0.6 is 0 Å². The second-order valence-electron chi connectivity index (χ2n) is 6.95. The molecule has 2 aromatic carbocycles. The fourth-order valence-electron chi connectivity index (χ4n) is 3.48. The zero-order chi connectivity index (χ0) is 21.1. The van der Waals surface area contributed by atoms with Gasteiger partial charge in [-0.3, -0.25) is 20.0 Å². The SMILES string of the molecule is COc1cccc(-c2cc(C(=O)N3CCN(c4ccc([N+](=O)[O-])cc4)CC3)[nH]n2)c1. The molecule has 0 atom stereocenters. The Morgan fingerprint density at radius 3 is 2.50 bits per heavy atom. The number of rotatable bonds is 5. The van der Waals surface area contributed by atoms with Gasteiger partial charge in [0.25, 0.3) is 11.6 Å². The fraction of sp³-hybridized carbons (Fsp3) is 0.238. The van der Waals surface area contributed by atoms with Crippen molar-refractivity contribution in [3.63, 3.8) is 0 Å². The van der Waals surface area contributed by atoms with Gasteiger partial charge in [-0.05, 0) is 30.3 Å². The minimum atomic E-state index is -0.412. The first-order chi connectivity index (χ1) is 14.5. The van der Waals surface area contributed by atoms with Gasteiger partial charge in [-0.15, -0.1) is 0 Å². The van der Waals surface area contributed by atoms with Crippen LogP contribution in [0.1, 0.15) is 10.5 Å². The number of carbonyl (C=O) groups excluding carboxylic acids is 1. The van der Waals surface area contributed by atoms with Crippen molar-refractivity contribution >= 4 is 17.3 Å². The summed E-state index contributed by atoms with van der Waals surface area (Å²) in [5.41, 5.74) is 2.97. The number of hydrogen-bond donors (Lipinski definition) is 1. The van der Waals surface area contributed by atoms with E-state index in [1.54, 1.807) is 30.2 Å². The highest BCUT2D eigenvalue weighted by molar-refractivity contribution is 5.93. The number of ether oxygens (including phenoxy) is 1. The summed E-state index contributed by atoms with van der Waals surface area (Å²) in [6, 6.07) is 15.7. The maximum absolute atomic E-state index is 12.9. The van der Waals surface area contributed by atoms with Crippen molar-refractivity contribution < 1.29 is 14.5 Å². The minimum Gasteiger partial charge on any atom is -0.497 e. The molecule has 0 bridgehead atoms. The topological polar surface area (TPSA) is 105 Å². The fourth-order valence-corrected chi connectivity index (χ4v) is 3.48. The van der Waals surface area contributed by atoms with Crippen molar-refractivity contribution in [3.8, 4) is 17.0 Å². The molecule has 4 rings (SSSR count). The molecule has 9 heteroatoms. The minimum absolute atomic E-state index is 0.0682. The van der Waals surface area contributed by atoms with Gasteiger partial charge < -0.3 is 14.5 Å². The molecule has 1 saturated heterocycles. The Morgan fingerprint density at radius 2 is 1.83 bits per heavy atom.